The van der Waals surface area contributed by atoms with Crippen molar-refractivity contribution in [2.45, 2.75) is 45.1 Å². The van der Waals surface area contributed by atoms with Gasteiger partial charge in [0.2, 0.25) is 0 Å². The molecule has 170 valence electrons. The van der Waals surface area contributed by atoms with Crippen LogP contribution < -0.4 is 10.4 Å². The van der Waals surface area contributed by atoms with Gasteiger partial charge >= 0.3 is 0 Å². The van der Waals surface area contributed by atoms with Gasteiger partial charge in [0, 0.05) is 18.5 Å². The third-order valence-corrected chi connectivity index (χ3v) is 7.39. The van der Waals surface area contributed by atoms with Crippen LogP contribution in [0.5, 0.6) is 0 Å². The predicted molar refractivity (Wildman–Crippen MR) is 131 cm³/mol. The average molecular weight is 463 g/mol. The summed E-state index contributed by atoms with van der Waals surface area (Å²) in [5.74, 6) is -0.246. The Morgan fingerprint density at radius 3 is 2.39 bits per heavy atom. The maximum Gasteiger partial charge on any atom is 0.297 e. The molecule has 1 fully saturated rings. The Bertz CT molecular complexity index is 1390. The van der Waals surface area contributed by atoms with Crippen LogP contribution in [-0.2, 0) is 7.05 Å². The standard InChI is InChI=1S/C26H27FN4OS/c1-18-24(25(32)31(29(18)2)22-11-7-4-8-12-22)28-26-30(21-9-5-3-6-10-21)23(17-33-26)19-13-15-20(27)16-14-19/h4,7-8,11-17,21H,3,5-6,9-10H2,1-2H3. The summed E-state index contributed by atoms with van der Waals surface area (Å²) in [5, 5.41) is 2.08. The molecule has 2 aromatic heterocycles. The minimum atomic E-state index is -0.246. The highest BCUT2D eigenvalue weighted by molar-refractivity contribution is 7.07. The minimum Gasteiger partial charge on any atom is -0.313 e. The molecule has 2 heterocycles. The summed E-state index contributed by atoms with van der Waals surface area (Å²) < 4.78 is 19.3. The third-order valence-electron chi connectivity index (χ3n) is 6.55. The first-order chi connectivity index (χ1) is 16.0. The number of nitrogens with zero attached hydrogens (tertiary/aromatic N) is 4. The highest BCUT2D eigenvalue weighted by Crippen LogP contribution is 2.32. The number of hydrogen-bond donors (Lipinski definition) is 0. The van der Waals surface area contributed by atoms with Crippen LogP contribution in [-0.4, -0.2) is 13.9 Å². The number of benzene rings is 2. The molecule has 0 radical (unpaired) electrons. The van der Waals surface area contributed by atoms with Gasteiger partial charge in [-0.1, -0.05) is 37.5 Å². The maximum atomic E-state index is 13.6. The Hall–Kier alpha value is -3.19. The van der Waals surface area contributed by atoms with Gasteiger partial charge in [0.25, 0.3) is 5.56 Å². The molecule has 0 unspecified atom stereocenters. The van der Waals surface area contributed by atoms with Gasteiger partial charge < -0.3 is 4.57 Å². The summed E-state index contributed by atoms with van der Waals surface area (Å²) in [6, 6.07) is 16.6. The van der Waals surface area contributed by atoms with E-state index in [2.05, 4.69) is 9.95 Å². The normalized spacial score (nSPS) is 15.3. The fourth-order valence-corrected chi connectivity index (χ4v) is 5.68. The Balaban J connectivity index is 1.69. The maximum absolute atomic E-state index is 13.6. The van der Waals surface area contributed by atoms with E-state index in [1.54, 1.807) is 4.68 Å². The van der Waals surface area contributed by atoms with Crippen molar-refractivity contribution in [2.75, 3.05) is 0 Å². The first kappa shape index (κ1) is 21.6. The Morgan fingerprint density at radius 1 is 1.00 bits per heavy atom. The van der Waals surface area contributed by atoms with Crippen LogP contribution in [0.2, 0.25) is 0 Å². The smallest absolute Gasteiger partial charge is 0.297 e. The zero-order chi connectivity index (χ0) is 22.9. The molecule has 0 saturated heterocycles. The molecule has 0 atom stereocenters. The van der Waals surface area contributed by atoms with E-state index in [0.717, 1.165) is 40.3 Å². The van der Waals surface area contributed by atoms with Crippen LogP contribution >= 0.6 is 11.3 Å². The monoisotopic (exact) mass is 462 g/mol. The van der Waals surface area contributed by atoms with E-state index in [4.69, 9.17) is 4.99 Å². The average Bonchev–Trinajstić information content (AvgIpc) is 3.35. The molecule has 5 rings (SSSR count). The van der Waals surface area contributed by atoms with Gasteiger partial charge in [0.15, 0.2) is 10.5 Å². The molecule has 33 heavy (non-hydrogen) atoms. The van der Waals surface area contributed by atoms with E-state index in [-0.39, 0.29) is 11.4 Å². The lowest BCUT2D eigenvalue weighted by atomic mass is 9.95. The minimum absolute atomic E-state index is 0.131. The molecule has 5 nitrogen and oxygen atoms in total. The van der Waals surface area contributed by atoms with Crippen LogP contribution in [0.1, 0.15) is 43.8 Å². The molecule has 0 bridgehead atoms. The van der Waals surface area contributed by atoms with Gasteiger partial charge in [0.05, 0.1) is 17.1 Å². The summed E-state index contributed by atoms with van der Waals surface area (Å²) in [6.07, 6.45) is 5.78. The Kier molecular flexibility index (Phi) is 5.89. The zero-order valence-electron chi connectivity index (χ0n) is 18.9. The van der Waals surface area contributed by atoms with Gasteiger partial charge in [-0.25, -0.2) is 14.1 Å². The van der Waals surface area contributed by atoms with Crippen molar-refractivity contribution in [1.29, 1.82) is 0 Å². The first-order valence-corrected chi connectivity index (χ1v) is 12.3. The van der Waals surface area contributed by atoms with E-state index < -0.39 is 0 Å². The number of aromatic nitrogens is 3. The van der Waals surface area contributed by atoms with Gasteiger partial charge in [-0.2, -0.15) is 0 Å². The topological polar surface area (TPSA) is 44.2 Å². The van der Waals surface area contributed by atoms with Crippen molar-refractivity contribution in [2.24, 2.45) is 12.0 Å². The van der Waals surface area contributed by atoms with Crippen molar-refractivity contribution in [3.8, 4) is 16.9 Å². The molecule has 1 saturated carbocycles. The van der Waals surface area contributed by atoms with E-state index in [1.807, 2.05) is 61.1 Å². The second kappa shape index (κ2) is 8.98. The fraction of sp³-hybridized carbons (Fsp3) is 0.308. The van der Waals surface area contributed by atoms with Crippen molar-refractivity contribution < 1.29 is 4.39 Å². The van der Waals surface area contributed by atoms with Crippen LogP contribution in [0.25, 0.3) is 16.9 Å². The molecule has 1 aliphatic carbocycles. The van der Waals surface area contributed by atoms with Crippen LogP contribution in [0.4, 0.5) is 10.1 Å². The molecule has 0 spiro atoms. The second-order valence-corrected chi connectivity index (χ2v) is 9.43. The van der Waals surface area contributed by atoms with Gasteiger partial charge in [-0.05, 0) is 61.7 Å². The summed E-state index contributed by atoms with van der Waals surface area (Å²) in [7, 11) is 1.89. The van der Waals surface area contributed by atoms with E-state index in [0.29, 0.717) is 11.7 Å². The lowest BCUT2D eigenvalue weighted by molar-refractivity contribution is 0.351. The molecule has 7 heteroatoms. The Morgan fingerprint density at radius 2 is 1.70 bits per heavy atom. The molecule has 0 amide bonds. The quantitative estimate of drug-likeness (QED) is 0.373. The number of para-hydroxylation sites is 1. The van der Waals surface area contributed by atoms with Crippen LogP contribution in [0.3, 0.4) is 0 Å². The fourth-order valence-electron chi connectivity index (χ4n) is 4.70. The molecule has 4 aromatic rings. The highest BCUT2D eigenvalue weighted by Gasteiger charge is 2.22. The number of thiazole rings is 1. The predicted octanol–water partition coefficient (Wildman–Crippen LogP) is 5.89. The highest BCUT2D eigenvalue weighted by atomic mass is 32.1. The summed E-state index contributed by atoms with van der Waals surface area (Å²) in [5.41, 5.74) is 3.95. The molecule has 2 aromatic carbocycles. The van der Waals surface area contributed by atoms with E-state index >= 15 is 0 Å². The molecule has 1 aliphatic rings. The lowest BCUT2D eigenvalue weighted by Crippen LogP contribution is -2.24. The number of rotatable bonds is 4. The molecule has 0 aliphatic heterocycles. The van der Waals surface area contributed by atoms with E-state index in [1.165, 1.54) is 42.7 Å². The Labute approximate surface area is 196 Å². The summed E-state index contributed by atoms with van der Waals surface area (Å²) >= 11 is 1.54. The van der Waals surface area contributed by atoms with E-state index in [9.17, 15) is 9.18 Å². The van der Waals surface area contributed by atoms with Crippen molar-refractivity contribution >= 4 is 17.0 Å². The zero-order valence-corrected chi connectivity index (χ0v) is 19.7. The summed E-state index contributed by atoms with van der Waals surface area (Å²) in [4.78, 5) is 19.2. The number of hydrogen-bond acceptors (Lipinski definition) is 3. The van der Waals surface area contributed by atoms with Gasteiger partial charge in [0.1, 0.15) is 5.82 Å². The third kappa shape index (κ3) is 4.02. The largest absolute Gasteiger partial charge is 0.313 e. The van der Waals surface area contributed by atoms with Crippen molar-refractivity contribution in [1.82, 2.24) is 13.9 Å². The lowest BCUT2D eigenvalue weighted by Gasteiger charge is -2.25. The molecular formula is C26H27FN4OS. The van der Waals surface area contributed by atoms with Crippen molar-refractivity contribution in [3.05, 3.63) is 86.6 Å². The van der Waals surface area contributed by atoms with Crippen molar-refractivity contribution in [3.63, 3.8) is 0 Å². The first-order valence-electron chi connectivity index (χ1n) is 11.4. The van der Waals surface area contributed by atoms with Gasteiger partial charge in [-0.15, -0.1) is 11.3 Å². The van der Waals surface area contributed by atoms with Crippen LogP contribution in [0, 0.1) is 12.7 Å². The molecular weight excluding hydrogens is 435 g/mol. The number of halogens is 1. The van der Waals surface area contributed by atoms with Crippen LogP contribution in [0.15, 0.2) is 69.8 Å². The molecule has 0 N–H and O–H groups in total. The van der Waals surface area contributed by atoms with Gasteiger partial charge in [-0.3, -0.25) is 9.48 Å². The SMILES string of the molecule is Cc1c(N=c2scc(-c3ccc(F)cc3)n2C2CCCCC2)c(=O)n(-c2ccccc2)n1C. The second-order valence-electron chi connectivity index (χ2n) is 8.59. The summed E-state index contributed by atoms with van der Waals surface area (Å²) in [6.45, 7) is 1.93.